The van der Waals surface area contributed by atoms with Gasteiger partial charge in [-0.05, 0) is 6.42 Å². The van der Waals surface area contributed by atoms with E-state index in [9.17, 15) is 5.21 Å². The molecule has 0 unspecified atom stereocenters. The first-order valence-corrected chi connectivity index (χ1v) is 3.61. The Bertz CT molecular complexity index is 71.3. The van der Waals surface area contributed by atoms with Crippen molar-refractivity contribution in [3.8, 4) is 0 Å². The highest BCUT2D eigenvalue weighted by atomic mass is 16.4. The fraction of sp³-hybridized carbons (Fsp3) is 0.857. The van der Waals surface area contributed by atoms with Crippen molar-refractivity contribution in [1.29, 1.82) is 0 Å². The van der Waals surface area contributed by atoms with Gasteiger partial charge in [0.1, 0.15) is 6.21 Å². The Kier molecular flexibility index (Phi) is 7.03. The van der Waals surface area contributed by atoms with E-state index in [0.717, 1.165) is 12.8 Å². The molecule has 0 fully saturated rings. The number of hydrogen-bond donors (Lipinski definition) is 1. The third kappa shape index (κ3) is 7.47. The van der Waals surface area contributed by atoms with Crippen molar-refractivity contribution in [1.82, 2.24) is 0 Å². The molecule has 1 N–H and O–H groups in total. The Balaban J connectivity index is 2.75. The summed E-state index contributed by atoms with van der Waals surface area (Å²) in [5.74, 6) is 0. The number of unbranched alkanes of at least 4 members (excludes halogenated alkanes) is 4. The number of nitrogens with one attached hydrogen (secondary N) is 1. The first-order valence-electron chi connectivity index (χ1n) is 3.61. The molecule has 0 aromatic rings. The largest absolute Gasteiger partial charge is 0.626 e. The maximum atomic E-state index is 9.66. The SMILES string of the molecule is CCCCCCC=[NH+][O-]. The van der Waals surface area contributed by atoms with Crippen LogP contribution in [0.25, 0.3) is 0 Å². The van der Waals surface area contributed by atoms with Crippen molar-refractivity contribution >= 4 is 6.21 Å². The van der Waals surface area contributed by atoms with Crippen molar-refractivity contribution in [2.45, 2.75) is 39.0 Å². The van der Waals surface area contributed by atoms with Crippen molar-refractivity contribution in [3.63, 3.8) is 0 Å². The van der Waals surface area contributed by atoms with Gasteiger partial charge in [-0.1, -0.05) is 26.2 Å². The third-order valence-electron chi connectivity index (χ3n) is 1.29. The van der Waals surface area contributed by atoms with E-state index >= 15 is 0 Å². The minimum absolute atomic E-state index is 0.906. The van der Waals surface area contributed by atoms with Crippen LogP contribution in [-0.4, -0.2) is 6.21 Å². The Hall–Kier alpha value is -0.530. The molecule has 2 nitrogen and oxygen atoms in total. The van der Waals surface area contributed by atoms with Gasteiger partial charge in [0.15, 0.2) is 0 Å². The van der Waals surface area contributed by atoms with Crippen LogP contribution in [0.3, 0.4) is 0 Å². The minimum Gasteiger partial charge on any atom is -0.626 e. The van der Waals surface area contributed by atoms with Gasteiger partial charge in [-0.3, -0.25) is 0 Å². The minimum atomic E-state index is 0.906. The fourth-order valence-corrected chi connectivity index (χ4v) is 0.732. The normalized spacial score (nSPS) is 10.8. The second-order valence-electron chi connectivity index (χ2n) is 2.17. The molecule has 0 atom stereocenters. The standard InChI is InChI=1S/C7H15NO/c1-2-3-4-5-6-7-8-9/h7-8H,2-6H2,1H3. The molecule has 0 radical (unpaired) electrons. The molecule has 0 rings (SSSR count). The van der Waals surface area contributed by atoms with Gasteiger partial charge in [0.25, 0.3) is 0 Å². The molecule has 0 amide bonds. The van der Waals surface area contributed by atoms with Gasteiger partial charge < -0.3 is 5.21 Å². The Labute approximate surface area is 56.6 Å². The molecule has 0 aliphatic carbocycles. The van der Waals surface area contributed by atoms with E-state index in [1.165, 1.54) is 19.3 Å². The van der Waals surface area contributed by atoms with Gasteiger partial charge in [0.2, 0.25) is 0 Å². The van der Waals surface area contributed by atoms with E-state index in [2.05, 4.69) is 6.92 Å². The lowest BCUT2D eigenvalue weighted by atomic mass is 10.2. The van der Waals surface area contributed by atoms with Gasteiger partial charge >= 0.3 is 0 Å². The summed E-state index contributed by atoms with van der Waals surface area (Å²) in [5, 5.41) is 11.4. The smallest absolute Gasteiger partial charge is 0.148 e. The van der Waals surface area contributed by atoms with Crippen LogP contribution in [-0.2, 0) is 0 Å². The summed E-state index contributed by atoms with van der Waals surface area (Å²) in [5.41, 5.74) is 0. The molecule has 0 saturated heterocycles. The lowest BCUT2D eigenvalue weighted by Gasteiger charge is -1.91. The average Bonchev–Trinajstić information content (AvgIpc) is 1.89. The molecule has 0 aromatic carbocycles. The predicted octanol–water partition coefficient (Wildman–Crippen LogP) is 0.606. The lowest BCUT2D eigenvalue weighted by Crippen LogP contribution is -2.60. The highest BCUT2D eigenvalue weighted by Crippen LogP contribution is 1.99. The van der Waals surface area contributed by atoms with E-state index in [4.69, 9.17) is 0 Å². The predicted molar refractivity (Wildman–Crippen MR) is 39.2 cm³/mol. The van der Waals surface area contributed by atoms with E-state index in [-0.39, 0.29) is 0 Å². The van der Waals surface area contributed by atoms with Crippen LogP contribution in [0.2, 0.25) is 0 Å². The summed E-state index contributed by atoms with van der Waals surface area (Å²) in [6.07, 6.45) is 7.40. The van der Waals surface area contributed by atoms with Gasteiger partial charge in [0.05, 0.1) is 0 Å². The van der Waals surface area contributed by atoms with E-state index in [0.29, 0.717) is 0 Å². The summed E-state index contributed by atoms with van der Waals surface area (Å²) < 4.78 is 0. The Morgan fingerprint density at radius 3 is 2.67 bits per heavy atom. The van der Waals surface area contributed by atoms with Crippen LogP contribution in [0.5, 0.6) is 0 Å². The van der Waals surface area contributed by atoms with E-state index in [1.807, 2.05) is 0 Å². The van der Waals surface area contributed by atoms with Crippen molar-refractivity contribution in [3.05, 3.63) is 5.21 Å². The van der Waals surface area contributed by atoms with Gasteiger partial charge in [-0.15, -0.1) is 0 Å². The molecular weight excluding hydrogens is 114 g/mol. The number of rotatable bonds is 5. The topological polar surface area (TPSA) is 37.0 Å². The first-order chi connectivity index (χ1) is 4.41. The zero-order chi connectivity index (χ0) is 6.95. The van der Waals surface area contributed by atoms with Crippen LogP contribution in [0.1, 0.15) is 39.0 Å². The molecular formula is C7H15NO. The summed E-state index contributed by atoms with van der Waals surface area (Å²) in [6, 6.07) is 0. The van der Waals surface area contributed by atoms with Crippen LogP contribution < -0.4 is 5.16 Å². The van der Waals surface area contributed by atoms with Crippen molar-refractivity contribution < 1.29 is 5.16 Å². The summed E-state index contributed by atoms with van der Waals surface area (Å²) >= 11 is 0. The second-order valence-corrected chi connectivity index (χ2v) is 2.17. The van der Waals surface area contributed by atoms with Crippen LogP contribution >= 0.6 is 0 Å². The molecule has 9 heavy (non-hydrogen) atoms. The molecule has 2 heteroatoms. The molecule has 54 valence electrons. The zero-order valence-electron chi connectivity index (χ0n) is 6.02. The number of hydrogen-bond acceptors (Lipinski definition) is 1. The van der Waals surface area contributed by atoms with Crippen molar-refractivity contribution in [2.24, 2.45) is 0 Å². The summed E-state index contributed by atoms with van der Waals surface area (Å²) in [6.45, 7) is 2.18. The molecule has 0 heterocycles. The summed E-state index contributed by atoms with van der Waals surface area (Å²) in [4.78, 5) is 0. The molecule has 0 aliphatic rings. The van der Waals surface area contributed by atoms with Gasteiger partial charge in [-0.2, -0.15) is 0 Å². The lowest BCUT2D eigenvalue weighted by molar-refractivity contribution is -0.368. The maximum Gasteiger partial charge on any atom is 0.148 e. The summed E-state index contributed by atoms with van der Waals surface area (Å²) in [7, 11) is 0. The van der Waals surface area contributed by atoms with Crippen LogP contribution in [0.15, 0.2) is 0 Å². The monoisotopic (exact) mass is 129 g/mol. The first kappa shape index (κ1) is 8.47. The third-order valence-corrected chi connectivity index (χ3v) is 1.29. The Morgan fingerprint density at radius 2 is 2.11 bits per heavy atom. The molecule has 0 aliphatic heterocycles. The molecule has 0 bridgehead atoms. The Morgan fingerprint density at radius 1 is 1.33 bits per heavy atom. The molecule has 0 spiro atoms. The van der Waals surface area contributed by atoms with Crippen molar-refractivity contribution in [2.75, 3.05) is 0 Å². The highest BCUT2D eigenvalue weighted by Gasteiger charge is 1.84. The highest BCUT2D eigenvalue weighted by molar-refractivity contribution is 5.49. The molecule has 0 saturated carbocycles. The van der Waals surface area contributed by atoms with Crippen LogP contribution in [0, 0.1) is 5.21 Å². The van der Waals surface area contributed by atoms with Gasteiger partial charge in [0, 0.05) is 6.42 Å². The van der Waals surface area contributed by atoms with E-state index in [1.54, 1.807) is 11.4 Å². The zero-order valence-corrected chi connectivity index (χ0v) is 6.02. The quantitative estimate of drug-likeness (QED) is 0.251. The maximum absolute atomic E-state index is 9.66. The van der Waals surface area contributed by atoms with Gasteiger partial charge in [-0.25, -0.2) is 5.16 Å². The average molecular weight is 129 g/mol. The van der Waals surface area contributed by atoms with E-state index < -0.39 is 0 Å². The van der Waals surface area contributed by atoms with Crippen LogP contribution in [0.4, 0.5) is 0 Å². The second kappa shape index (κ2) is 7.47. The molecule has 0 aromatic heterocycles. The fourth-order valence-electron chi connectivity index (χ4n) is 0.732.